The van der Waals surface area contributed by atoms with Gasteiger partial charge in [-0.3, -0.25) is 4.99 Å². The van der Waals surface area contributed by atoms with Crippen LogP contribution in [0.1, 0.15) is 25.7 Å². The molecule has 0 aromatic carbocycles. The molecule has 0 saturated heterocycles. The van der Waals surface area contributed by atoms with Crippen LogP contribution in [0.15, 0.2) is 4.99 Å². The average Bonchev–Trinajstić information content (AvgIpc) is 2.03. The Morgan fingerprint density at radius 2 is 2.00 bits per heavy atom. The van der Waals surface area contributed by atoms with Gasteiger partial charge in [-0.05, 0) is 12.8 Å². The van der Waals surface area contributed by atoms with Crippen molar-refractivity contribution in [2.45, 2.75) is 25.7 Å². The first-order valence-electron chi connectivity index (χ1n) is 3.99. The fraction of sp³-hybridized carbons (Fsp3) is 0.857. The maximum Gasteiger partial charge on any atom is 0.323 e. The summed E-state index contributed by atoms with van der Waals surface area (Å²) in [5.74, 6) is 0. The number of unbranched alkanes of at least 4 members (excludes halogenated alkanes) is 3. The number of hydrogen-bond donors (Lipinski definition) is 0. The lowest BCUT2D eigenvalue weighted by Crippen LogP contribution is -1.85. The van der Waals surface area contributed by atoms with Crippen LogP contribution < -0.4 is 0 Å². The highest BCUT2D eigenvalue weighted by atomic mass is 79.9. The summed E-state index contributed by atoms with van der Waals surface area (Å²) < 4.78 is 4.67. The molecule has 11 heavy (non-hydrogen) atoms. The van der Waals surface area contributed by atoms with Crippen molar-refractivity contribution in [3.63, 3.8) is 0 Å². The number of rotatable bonds is 7. The van der Waals surface area contributed by atoms with E-state index < -0.39 is 0 Å². The first-order valence-corrected chi connectivity index (χ1v) is 5.11. The van der Waals surface area contributed by atoms with Crippen molar-refractivity contribution in [1.82, 2.24) is 0 Å². The summed E-state index contributed by atoms with van der Waals surface area (Å²) in [6, 6.07) is 0. The molecule has 0 spiro atoms. The Kier molecular flexibility index (Phi) is 10.0. The lowest BCUT2D eigenvalue weighted by Gasteiger charge is -1.95. The third-order valence-corrected chi connectivity index (χ3v) is 1.91. The predicted molar refractivity (Wildman–Crippen MR) is 55.3 cm³/mol. The summed E-state index contributed by atoms with van der Waals surface area (Å²) in [6.45, 7) is 0.899. The van der Waals surface area contributed by atoms with Gasteiger partial charge in [0.1, 0.15) is 0 Å². The van der Waals surface area contributed by atoms with Crippen molar-refractivity contribution in [3.05, 3.63) is 0 Å². The van der Waals surface area contributed by atoms with Gasteiger partial charge in [-0.2, -0.15) is 0 Å². The van der Waals surface area contributed by atoms with Gasteiger partial charge in [0.2, 0.25) is 0 Å². The fourth-order valence-electron chi connectivity index (χ4n) is 0.778. The molecule has 0 aliphatic carbocycles. The minimum Gasteiger partial charge on any atom is -0.560 e. The zero-order valence-corrected chi connectivity index (χ0v) is 8.64. The Morgan fingerprint density at radius 1 is 1.27 bits per heavy atom. The molecule has 0 radical (unpaired) electrons. The zero-order valence-electron chi connectivity index (χ0n) is 7.05. The van der Waals surface area contributed by atoms with Gasteiger partial charge in [-0.15, -0.1) is 0 Å². The molecule has 2 nitrogen and oxygen atoms in total. The molecule has 0 fully saturated rings. The van der Waals surface area contributed by atoms with E-state index in [1.165, 1.54) is 32.1 Å². The molecule has 0 aromatic heterocycles. The molecule has 0 heterocycles. The second-order valence-electron chi connectivity index (χ2n) is 2.35. The highest BCUT2D eigenvalue weighted by molar-refractivity contribution is 9.09. The molecule has 0 saturated carbocycles. The topological polar surface area (TPSA) is 21.6 Å². The molecule has 4 heteroatoms. The van der Waals surface area contributed by atoms with E-state index >= 15 is 0 Å². The second-order valence-corrected chi connectivity index (χ2v) is 3.14. The van der Waals surface area contributed by atoms with E-state index in [4.69, 9.17) is 0 Å². The van der Waals surface area contributed by atoms with Crippen LogP contribution in [0.25, 0.3) is 0 Å². The molecule has 0 rings (SSSR count). The Labute approximate surface area is 78.0 Å². The fourth-order valence-corrected chi connectivity index (χ4v) is 1.17. The van der Waals surface area contributed by atoms with Crippen molar-refractivity contribution >= 4 is 30.4 Å². The zero-order chi connectivity index (χ0) is 8.36. The highest BCUT2D eigenvalue weighted by Crippen LogP contribution is 2.01. The van der Waals surface area contributed by atoms with Crippen LogP contribution >= 0.6 is 15.9 Å². The molecular weight excluding hydrogens is 205 g/mol. The quantitative estimate of drug-likeness (QED) is 0.209. The summed E-state index contributed by atoms with van der Waals surface area (Å²) in [4.78, 5) is 4.03. The van der Waals surface area contributed by atoms with E-state index in [9.17, 15) is 0 Å². The lowest BCUT2D eigenvalue weighted by molar-refractivity contribution is 0.625. The van der Waals surface area contributed by atoms with E-state index in [1.807, 2.05) is 0 Å². The monoisotopic (exact) mass is 219 g/mol. The van der Waals surface area contributed by atoms with Gasteiger partial charge in [0.25, 0.3) is 0 Å². The molecule has 0 aliphatic heterocycles. The summed E-state index contributed by atoms with van der Waals surface area (Å²) in [7, 11) is 1.62. The second kappa shape index (κ2) is 10.0. The third kappa shape index (κ3) is 10.0. The van der Waals surface area contributed by atoms with Crippen molar-refractivity contribution in [2.24, 2.45) is 4.99 Å². The predicted octanol–water partition coefficient (Wildman–Crippen LogP) is 1.53. The minimum absolute atomic E-state index is 0.899. The van der Waals surface area contributed by atoms with Crippen molar-refractivity contribution in [3.8, 4) is 0 Å². The van der Waals surface area contributed by atoms with Gasteiger partial charge < -0.3 is 4.65 Å². The summed E-state index contributed by atoms with van der Waals surface area (Å²) in [5, 5.41) is 1.12. The van der Waals surface area contributed by atoms with Crippen LogP contribution in [-0.4, -0.2) is 26.3 Å². The summed E-state index contributed by atoms with van der Waals surface area (Å²) in [6.07, 6.45) is 6.52. The molecule has 0 amide bonds. The van der Waals surface area contributed by atoms with E-state index in [0.717, 1.165) is 11.9 Å². The first-order chi connectivity index (χ1) is 5.41. The summed E-state index contributed by atoms with van der Waals surface area (Å²) >= 11 is 3.39. The summed E-state index contributed by atoms with van der Waals surface area (Å²) in [5.41, 5.74) is 0. The maximum atomic E-state index is 4.67. The molecule has 0 aliphatic rings. The first kappa shape index (κ1) is 11.0. The molecule has 0 bridgehead atoms. The van der Waals surface area contributed by atoms with Gasteiger partial charge in [0.05, 0.1) is 0 Å². The smallest absolute Gasteiger partial charge is 0.323 e. The highest BCUT2D eigenvalue weighted by Gasteiger charge is 1.86. The van der Waals surface area contributed by atoms with E-state index in [2.05, 4.69) is 25.6 Å². The largest absolute Gasteiger partial charge is 0.560 e. The van der Waals surface area contributed by atoms with Gasteiger partial charge in [-0.25, -0.2) is 0 Å². The van der Waals surface area contributed by atoms with Crippen LogP contribution in [0.2, 0.25) is 0 Å². The van der Waals surface area contributed by atoms with Crippen molar-refractivity contribution < 1.29 is 4.65 Å². The molecule has 0 aromatic rings. The standard InChI is InChI=1S/C7H15BBrNO/c8-11-7-10-6-4-2-1-3-5-9/h7H,1-6,8H2. The van der Waals surface area contributed by atoms with Gasteiger partial charge in [0, 0.05) is 11.9 Å². The molecule has 64 valence electrons. The van der Waals surface area contributed by atoms with Crippen LogP contribution in [0.4, 0.5) is 0 Å². The third-order valence-electron chi connectivity index (χ3n) is 1.35. The van der Waals surface area contributed by atoms with Crippen LogP contribution in [-0.2, 0) is 4.65 Å². The maximum absolute atomic E-state index is 4.67. The SMILES string of the molecule is BOC=NCCCCCCBr. The average molecular weight is 220 g/mol. The molecular formula is C7H15BBrNO. The Hall–Kier alpha value is 0.0149. The van der Waals surface area contributed by atoms with E-state index in [-0.39, 0.29) is 0 Å². The number of nitrogens with zero attached hydrogens (tertiary/aromatic N) is 1. The number of hydrogen-bond acceptors (Lipinski definition) is 2. The normalized spacial score (nSPS) is 10.6. The Balaban J connectivity index is 2.85. The van der Waals surface area contributed by atoms with E-state index in [1.54, 1.807) is 8.05 Å². The van der Waals surface area contributed by atoms with Crippen molar-refractivity contribution in [2.75, 3.05) is 11.9 Å². The van der Waals surface area contributed by atoms with Gasteiger partial charge in [-0.1, -0.05) is 28.8 Å². The van der Waals surface area contributed by atoms with Crippen LogP contribution in [0, 0.1) is 0 Å². The number of aliphatic imine (C=N–C) groups is 1. The van der Waals surface area contributed by atoms with Gasteiger partial charge in [0.15, 0.2) is 6.40 Å². The molecule has 0 atom stereocenters. The van der Waals surface area contributed by atoms with Gasteiger partial charge >= 0.3 is 8.05 Å². The Morgan fingerprint density at radius 3 is 2.64 bits per heavy atom. The van der Waals surface area contributed by atoms with Crippen molar-refractivity contribution in [1.29, 1.82) is 0 Å². The molecule has 0 N–H and O–H groups in total. The van der Waals surface area contributed by atoms with Crippen LogP contribution in [0.5, 0.6) is 0 Å². The van der Waals surface area contributed by atoms with E-state index in [0.29, 0.717) is 0 Å². The molecule has 0 unspecified atom stereocenters. The van der Waals surface area contributed by atoms with Crippen LogP contribution in [0.3, 0.4) is 0 Å². The minimum atomic E-state index is 0.899. The lowest BCUT2D eigenvalue weighted by atomic mass is 10.2. The number of halogens is 1. The Bertz CT molecular complexity index is 100. The number of alkyl halides is 1.